The van der Waals surface area contributed by atoms with Gasteiger partial charge in [-0.15, -0.1) is 0 Å². The zero-order chi connectivity index (χ0) is 13.5. The highest BCUT2D eigenvalue weighted by Gasteiger charge is 2.23. The molecule has 0 bridgehead atoms. The molecule has 0 radical (unpaired) electrons. The summed E-state index contributed by atoms with van der Waals surface area (Å²) in [5.74, 6) is 1.63. The van der Waals surface area contributed by atoms with E-state index in [1.54, 1.807) is 0 Å². The van der Waals surface area contributed by atoms with Crippen molar-refractivity contribution in [2.75, 3.05) is 6.54 Å². The normalized spacial score (nSPS) is 15.7. The van der Waals surface area contributed by atoms with Crippen LogP contribution in [0.5, 0.6) is 0 Å². The molecule has 1 fully saturated rings. The summed E-state index contributed by atoms with van der Waals surface area (Å²) in [6.07, 6.45) is 5.35. The van der Waals surface area contributed by atoms with Crippen molar-refractivity contribution in [1.29, 1.82) is 0 Å². The monoisotopic (exact) mass is 254 g/mol. The molecular formula is C15H30N2O. The van der Waals surface area contributed by atoms with Crippen molar-refractivity contribution in [2.45, 2.75) is 71.9 Å². The first-order valence-corrected chi connectivity index (χ1v) is 7.50. The molecule has 0 atom stereocenters. The molecule has 1 saturated carbocycles. The number of hydrogen-bond acceptors (Lipinski definition) is 2. The van der Waals surface area contributed by atoms with Crippen molar-refractivity contribution >= 4 is 5.91 Å². The number of nitrogens with one attached hydrogen (secondary N) is 2. The Bertz CT molecular complexity index is 237. The van der Waals surface area contributed by atoms with E-state index in [0.29, 0.717) is 30.3 Å². The Morgan fingerprint density at radius 2 is 1.67 bits per heavy atom. The van der Waals surface area contributed by atoms with Crippen LogP contribution in [0, 0.1) is 11.8 Å². The third-order valence-corrected chi connectivity index (χ3v) is 3.24. The van der Waals surface area contributed by atoms with Crippen LogP contribution in [0.25, 0.3) is 0 Å². The minimum Gasteiger partial charge on any atom is -0.353 e. The molecule has 3 nitrogen and oxygen atoms in total. The number of carbonyl (C=O) groups is 1. The first kappa shape index (κ1) is 15.5. The van der Waals surface area contributed by atoms with Crippen molar-refractivity contribution in [2.24, 2.45) is 11.8 Å². The van der Waals surface area contributed by atoms with Crippen LogP contribution in [0.1, 0.15) is 59.8 Å². The summed E-state index contributed by atoms with van der Waals surface area (Å²) in [5, 5.41) is 6.58. The Balaban J connectivity index is 2.16. The molecule has 1 amide bonds. The van der Waals surface area contributed by atoms with E-state index in [9.17, 15) is 4.79 Å². The van der Waals surface area contributed by atoms with Crippen LogP contribution < -0.4 is 10.6 Å². The van der Waals surface area contributed by atoms with Crippen LogP contribution in [0.4, 0.5) is 0 Å². The van der Waals surface area contributed by atoms with E-state index in [4.69, 9.17) is 0 Å². The van der Waals surface area contributed by atoms with Gasteiger partial charge in [0.05, 0.1) is 0 Å². The van der Waals surface area contributed by atoms with Crippen molar-refractivity contribution in [3.8, 4) is 0 Å². The molecule has 0 heterocycles. The Labute approximate surface area is 112 Å². The summed E-state index contributed by atoms with van der Waals surface area (Å²) < 4.78 is 0. The molecule has 0 aromatic carbocycles. The lowest BCUT2D eigenvalue weighted by Gasteiger charge is -2.22. The predicted octanol–water partition coefficient (Wildman–Crippen LogP) is 2.71. The number of carbonyl (C=O) groups excluding carboxylic acids is 1. The second-order valence-corrected chi connectivity index (χ2v) is 6.50. The summed E-state index contributed by atoms with van der Waals surface area (Å²) >= 11 is 0. The number of hydrogen-bond donors (Lipinski definition) is 2. The molecule has 2 N–H and O–H groups in total. The van der Waals surface area contributed by atoms with Crippen LogP contribution in [-0.2, 0) is 4.79 Å². The second-order valence-electron chi connectivity index (χ2n) is 6.50. The van der Waals surface area contributed by atoms with Crippen molar-refractivity contribution in [3.05, 3.63) is 0 Å². The molecule has 1 rings (SSSR count). The smallest absolute Gasteiger partial charge is 0.221 e. The molecule has 0 aliphatic heterocycles. The van der Waals surface area contributed by atoms with Crippen LogP contribution in [0.3, 0.4) is 0 Å². The average Bonchev–Trinajstić information content (AvgIpc) is 2.99. The van der Waals surface area contributed by atoms with E-state index in [2.05, 4.69) is 38.3 Å². The summed E-state index contributed by atoms with van der Waals surface area (Å²) in [4.78, 5) is 11.6. The molecule has 0 aromatic rings. The van der Waals surface area contributed by atoms with Gasteiger partial charge < -0.3 is 10.6 Å². The third kappa shape index (κ3) is 7.70. The zero-order valence-electron chi connectivity index (χ0n) is 12.5. The minimum atomic E-state index is 0.206. The van der Waals surface area contributed by atoms with E-state index >= 15 is 0 Å². The average molecular weight is 254 g/mol. The van der Waals surface area contributed by atoms with E-state index in [-0.39, 0.29) is 5.91 Å². The summed E-state index contributed by atoms with van der Waals surface area (Å²) in [6, 6.07) is 1.04. The fourth-order valence-electron chi connectivity index (χ4n) is 2.32. The molecule has 0 saturated heterocycles. The Morgan fingerprint density at radius 1 is 1.11 bits per heavy atom. The van der Waals surface area contributed by atoms with Gasteiger partial charge in [-0.05, 0) is 37.5 Å². The topological polar surface area (TPSA) is 41.1 Å². The molecule has 1 aliphatic carbocycles. The molecule has 1 aliphatic rings. The van der Waals surface area contributed by atoms with Gasteiger partial charge in [0.2, 0.25) is 5.91 Å². The fraction of sp³-hybridized carbons (Fsp3) is 0.933. The van der Waals surface area contributed by atoms with Crippen molar-refractivity contribution in [3.63, 3.8) is 0 Å². The maximum Gasteiger partial charge on any atom is 0.221 e. The molecule has 0 aromatic heterocycles. The van der Waals surface area contributed by atoms with Gasteiger partial charge in [-0.25, -0.2) is 0 Å². The van der Waals surface area contributed by atoms with Gasteiger partial charge >= 0.3 is 0 Å². The Hall–Kier alpha value is -0.570. The summed E-state index contributed by atoms with van der Waals surface area (Å²) in [7, 11) is 0. The number of rotatable bonds is 9. The Kier molecular flexibility index (Phi) is 6.69. The van der Waals surface area contributed by atoms with Gasteiger partial charge in [-0.3, -0.25) is 4.79 Å². The number of amides is 1. The lowest BCUT2D eigenvalue weighted by Crippen LogP contribution is -2.35. The van der Waals surface area contributed by atoms with Gasteiger partial charge in [0.15, 0.2) is 0 Å². The highest BCUT2D eigenvalue weighted by Crippen LogP contribution is 2.18. The van der Waals surface area contributed by atoms with Crippen molar-refractivity contribution < 1.29 is 4.79 Å². The first-order valence-electron chi connectivity index (χ1n) is 7.50. The third-order valence-electron chi connectivity index (χ3n) is 3.24. The lowest BCUT2D eigenvalue weighted by molar-refractivity contribution is -0.121. The maximum absolute atomic E-state index is 11.6. The standard InChI is InChI=1S/C15H30N2O/c1-11(2)9-14(10-12(3)4)16-8-7-15(18)17-13-5-6-13/h11-14,16H,5-10H2,1-4H3,(H,17,18). The molecule has 18 heavy (non-hydrogen) atoms. The highest BCUT2D eigenvalue weighted by molar-refractivity contribution is 5.76. The van der Waals surface area contributed by atoms with Gasteiger partial charge in [0.1, 0.15) is 0 Å². The molecule has 0 unspecified atom stereocenters. The van der Waals surface area contributed by atoms with E-state index in [1.165, 1.54) is 25.7 Å². The SMILES string of the molecule is CC(C)CC(CC(C)C)NCCC(=O)NC1CC1. The van der Waals surface area contributed by atoms with Gasteiger partial charge in [-0.1, -0.05) is 27.7 Å². The molecular weight excluding hydrogens is 224 g/mol. The summed E-state index contributed by atoms with van der Waals surface area (Å²) in [5.41, 5.74) is 0. The van der Waals surface area contributed by atoms with Gasteiger partial charge in [0.25, 0.3) is 0 Å². The minimum absolute atomic E-state index is 0.206. The predicted molar refractivity (Wildman–Crippen MR) is 76.5 cm³/mol. The van der Waals surface area contributed by atoms with Crippen LogP contribution in [-0.4, -0.2) is 24.5 Å². The molecule has 0 spiro atoms. The van der Waals surface area contributed by atoms with Crippen LogP contribution in [0.2, 0.25) is 0 Å². The van der Waals surface area contributed by atoms with Gasteiger partial charge in [0, 0.05) is 25.0 Å². The second kappa shape index (κ2) is 7.78. The van der Waals surface area contributed by atoms with E-state index in [1.807, 2.05) is 0 Å². The Morgan fingerprint density at radius 3 is 2.11 bits per heavy atom. The van der Waals surface area contributed by atoms with E-state index < -0.39 is 0 Å². The zero-order valence-corrected chi connectivity index (χ0v) is 12.5. The molecule has 3 heteroatoms. The van der Waals surface area contributed by atoms with Crippen LogP contribution in [0.15, 0.2) is 0 Å². The first-order chi connectivity index (χ1) is 8.47. The largest absolute Gasteiger partial charge is 0.353 e. The molecule has 106 valence electrons. The fourth-order valence-corrected chi connectivity index (χ4v) is 2.32. The quantitative estimate of drug-likeness (QED) is 0.664. The maximum atomic E-state index is 11.6. The van der Waals surface area contributed by atoms with Crippen LogP contribution >= 0.6 is 0 Å². The van der Waals surface area contributed by atoms with E-state index in [0.717, 1.165) is 6.54 Å². The van der Waals surface area contributed by atoms with Gasteiger partial charge in [-0.2, -0.15) is 0 Å². The highest BCUT2D eigenvalue weighted by atomic mass is 16.1. The lowest BCUT2D eigenvalue weighted by atomic mass is 9.95. The summed E-state index contributed by atoms with van der Waals surface area (Å²) in [6.45, 7) is 9.84. The van der Waals surface area contributed by atoms with Crippen molar-refractivity contribution in [1.82, 2.24) is 10.6 Å².